The van der Waals surface area contributed by atoms with Crippen molar-refractivity contribution in [3.8, 4) is 0 Å². The number of amides is 1. The van der Waals surface area contributed by atoms with Crippen molar-refractivity contribution in [1.29, 1.82) is 0 Å². The van der Waals surface area contributed by atoms with Gasteiger partial charge in [0.2, 0.25) is 0 Å². The predicted molar refractivity (Wildman–Crippen MR) is 51.8 cm³/mol. The Balaban J connectivity index is 2.60. The first-order chi connectivity index (χ1) is 6.66. The summed E-state index contributed by atoms with van der Waals surface area (Å²) >= 11 is 0. The maximum Gasteiger partial charge on any atom is 0.271 e. The van der Waals surface area contributed by atoms with Gasteiger partial charge in [-0.15, -0.1) is 0 Å². The first kappa shape index (κ1) is 10.5. The molecule has 1 rings (SSSR count). The van der Waals surface area contributed by atoms with E-state index in [1.165, 1.54) is 10.9 Å². The van der Waals surface area contributed by atoms with Crippen LogP contribution in [0.4, 0.5) is 5.69 Å². The molecule has 0 unspecified atom stereocenters. The van der Waals surface area contributed by atoms with E-state index in [1.807, 2.05) is 0 Å². The Labute approximate surface area is 82.0 Å². The Bertz CT molecular complexity index is 302. The van der Waals surface area contributed by atoms with E-state index in [2.05, 4.69) is 10.4 Å². The quantitative estimate of drug-likeness (QED) is 0.631. The Hall–Kier alpha value is -1.56. The summed E-state index contributed by atoms with van der Waals surface area (Å²) in [7, 11) is 3.24. The van der Waals surface area contributed by atoms with Gasteiger partial charge in [0, 0.05) is 20.7 Å². The predicted octanol–water partition coefficient (Wildman–Crippen LogP) is -0.621. The number of nitrogens with zero attached hydrogens (tertiary/aromatic N) is 2. The second-order valence-electron chi connectivity index (χ2n) is 2.82. The van der Waals surface area contributed by atoms with Crippen LogP contribution in [0, 0.1) is 0 Å². The molecule has 78 valence electrons. The fourth-order valence-electron chi connectivity index (χ4n) is 1.08. The molecule has 1 aromatic rings. The number of nitrogens with one attached hydrogen (secondary N) is 1. The highest BCUT2D eigenvalue weighted by Gasteiger charge is 2.13. The summed E-state index contributed by atoms with van der Waals surface area (Å²) in [6.07, 6.45) is 1.45. The molecular weight excluding hydrogens is 184 g/mol. The van der Waals surface area contributed by atoms with Crippen LogP contribution in [-0.4, -0.2) is 35.9 Å². The molecule has 0 saturated heterocycles. The lowest BCUT2D eigenvalue weighted by molar-refractivity contribution is 0.0928. The molecule has 1 amide bonds. The zero-order valence-electron chi connectivity index (χ0n) is 8.28. The van der Waals surface area contributed by atoms with E-state index in [4.69, 9.17) is 10.5 Å². The number of anilines is 1. The van der Waals surface area contributed by atoms with Crippen LogP contribution in [0.2, 0.25) is 0 Å². The molecule has 0 aromatic carbocycles. The highest BCUT2D eigenvalue weighted by atomic mass is 16.5. The number of nitrogens with two attached hydrogens (primary N) is 1. The van der Waals surface area contributed by atoms with Crippen LogP contribution in [0.3, 0.4) is 0 Å². The summed E-state index contributed by atoms with van der Waals surface area (Å²) in [5, 5.41) is 6.53. The smallest absolute Gasteiger partial charge is 0.271 e. The van der Waals surface area contributed by atoms with Gasteiger partial charge >= 0.3 is 0 Å². The van der Waals surface area contributed by atoms with E-state index < -0.39 is 0 Å². The third-order valence-electron chi connectivity index (χ3n) is 1.77. The van der Waals surface area contributed by atoms with E-state index in [1.54, 1.807) is 14.2 Å². The number of carbonyl (C=O) groups excluding carboxylic acids is 1. The summed E-state index contributed by atoms with van der Waals surface area (Å²) in [5.41, 5.74) is 6.32. The highest BCUT2D eigenvalue weighted by Crippen LogP contribution is 2.08. The molecule has 0 atom stereocenters. The first-order valence-corrected chi connectivity index (χ1v) is 4.21. The Morgan fingerprint density at radius 1 is 1.79 bits per heavy atom. The van der Waals surface area contributed by atoms with E-state index in [0.29, 0.717) is 24.5 Å². The summed E-state index contributed by atoms with van der Waals surface area (Å²) in [5.74, 6) is -0.237. The molecule has 6 heteroatoms. The number of aromatic nitrogens is 2. The number of methoxy groups -OCH3 is 1. The minimum atomic E-state index is -0.237. The number of ether oxygens (including phenoxy) is 1. The molecular formula is C8H14N4O2. The Morgan fingerprint density at radius 2 is 2.50 bits per heavy atom. The summed E-state index contributed by atoms with van der Waals surface area (Å²) in [4.78, 5) is 11.5. The fourth-order valence-corrected chi connectivity index (χ4v) is 1.08. The van der Waals surface area contributed by atoms with Gasteiger partial charge in [0.1, 0.15) is 5.69 Å². The van der Waals surface area contributed by atoms with Gasteiger partial charge in [-0.25, -0.2) is 0 Å². The average molecular weight is 198 g/mol. The van der Waals surface area contributed by atoms with Crippen LogP contribution in [0.25, 0.3) is 0 Å². The van der Waals surface area contributed by atoms with Gasteiger partial charge in [0.15, 0.2) is 0 Å². The molecule has 0 saturated carbocycles. The number of rotatable bonds is 4. The molecule has 0 aliphatic heterocycles. The second-order valence-corrected chi connectivity index (χ2v) is 2.82. The van der Waals surface area contributed by atoms with Crippen LogP contribution in [-0.2, 0) is 11.8 Å². The van der Waals surface area contributed by atoms with Crippen LogP contribution < -0.4 is 11.1 Å². The molecule has 0 fully saturated rings. The molecule has 6 nitrogen and oxygen atoms in total. The molecule has 0 aliphatic rings. The summed E-state index contributed by atoms with van der Waals surface area (Å²) in [6.45, 7) is 0.934. The van der Waals surface area contributed by atoms with Crippen molar-refractivity contribution in [2.45, 2.75) is 0 Å². The number of carbonyl (C=O) groups is 1. The maximum absolute atomic E-state index is 11.5. The van der Waals surface area contributed by atoms with Gasteiger partial charge in [0.05, 0.1) is 18.5 Å². The monoisotopic (exact) mass is 198 g/mol. The largest absolute Gasteiger partial charge is 0.396 e. The SMILES string of the molecule is COCCNC(=O)c1c(N)cnn1C. The minimum Gasteiger partial charge on any atom is -0.396 e. The zero-order valence-corrected chi connectivity index (χ0v) is 8.28. The molecule has 0 bridgehead atoms. The Kier molecular flexibility index (Phi) is 3.47. The molecule has 0 spiro atoms. The van der Waals surface area contributed by atoms with Crippen LogP contribution in [0.1, 0.15) is 10.5 Å². The van der Waals surface area contributed by atoms with Gasteiger partial charge in [-0.1, -0.05) is 0 Å². The Morgan fingerprint density at radius 3 is 3.00 bits per heavy atom. The van der Waals surface area contributed by atoms with Crippen LogP contribution in [0.15, 0.2) is 6.20 Å². The number of nitrogen functional groups attached to an aromatic ring is 1. The fraction of sp³-hybridized carbons (Fsp3) is 0.500. The molecule has 1 heterocycles. The summed E-state index contributed by atoms with van der Waals surface area (Å²) < 4.78 is 6.24. The average Bonchev–Trinajstić information content (AvgIpc) is 2.46. The van der Waals surface area contributed by atoms with Crippen molar-refractivity contribution in [1.82, 2.24) is 15.1 Å². The molecule has 14 heavy (non-hydrogen) atoms. The van der Waals surface area contributed by atoms with Crippen molar-refractivity contribution < 1.29 is 9.53 Å². The van der Waals surface area contributed by atoms with E-state index in [0.717, 1.165) is 0 Å². The topological polar surface area (TPSA) is 82.2 Å². The molecule has 0 radical (unpaired) electrons. The van der Waals surface area contributed by atoms with E-state index in [9.17, 15) is 4.79 Å². The van der Waals surface area contributed by atoms with Gasteiger partial charge in [-0.05, 0) is 0 Å². The lowest BCUT2D eigenvalue weighted by Crippen LogP contribution is -2.29. The van der Waals surface area contributed by atoms with Crippen molar-refractivity contribution in [3.63, 3.8) is 0 Å². The number of hydrogen-bond donors (Lipinski definition) is 2. The van der Waals surface area contributed by atoms with Crippen LogP contribution in [0.5, 0.6) is 0 Å². The van der Waals surface area contributed by atoms with E-state index >= 15 is 0 Å². The van der Waals surface area contributed by atoms with Crippen molar-refractivity contribution in [2.24, 2.45) is 7.05 Å². The van der Waals surface area contributed by atoms with Crippen molar-refractivity contribution >= 4 is 11.6 Å². The van der Waals surface area contributed by atoms with Gasteiger partial charge in [-0.3, -0.25) is 9.48 Å². The number of hydrogen-bond acceptors (Lipinski definition) is 4. The molecule has 0 aliphatic carbocycles. The first-order valence-electron chi connectivity index (χ1n) is 4.21. The van der Waals surface area contributed by atoms with Crippen molar-refractivity contribution in [3.05, 3.63) is 11.9 Å². The van der Waals surface area contributed by atoms with Crippen LogP contribution >= 0.6 is 0 Å². The maximum atomic E-state index is 11.5. The second kappa shape index (κ2) is 4.61. The lowest BCUT2D eigenvalue weighted by atomic mass is 10.3. The standard InChI is InChI=1S/C8H14N4O2/c1-12-7(6(9)5-11-12)8(13)10-3-4-14-2/h5H,3-4,9H2,1-2H3,(H,10,13). The van der Waals surface area contributed by atoms with Gasteiger partial charge in [-0.2, -0.15) is 5.10 Å². The lowest BCUT2D eigenvalue weighted by Gasteiger charge is -2.05. The van der Waals surface area contributed by atoms with Crippen molar-refractivity contribution in [2.75, 3.05) is 26.0 Å². The van der Waals surface area contributed by atoms with Gasteiger partial charge < -0.3 is 15.8 Å². The van der Waals surface area contributed by atoms with Gasteiger partial charge in [0.25, 0.3) is 5.91 Å². The third-order valence-corrected chi connectivity index (χ3v) is 1.77. The molecule has 3 N–H and O–H groups in total. The highest BCUT2D eigenvalue weighted by molar-refractivity contribution is 5.97. The normalized spacial score (nSPS) is 10.1. The third kappa shape index (κ3) is 2.23. The summed E-state index contributed by atoms with van der Waals surface area (Å²) in [6, 6.07) is 0. The minimum absolute atomic E-state index is 0.237. The van der Waals surface area contributed by atoms with E-state index in [-0.39, 0.29) is 5.91 Å². The number of aryl methyl sites for hydroxylation is 1. The zero-order chi connectivity index (χ0) is 10.6. The molecule has 1 aromatic heterocycles.